The minimum absolute atomic E-state index is 0.0190. The minimum atomic E-state index is -4.01. The van der Waals surface area contributed by atoms with Gasteiger partial charge in [0.05, 0.1) is 13.2 Å². The molecule has 7 nitrogen and oxygen atoms in total. The Labute approximate surface area is 199 Å². The highest BCUT2D eigenvalue weighted by molar-refractivity contribution is 7.65. The van der Waals surface area contributed by atoms with Crippen LogP contribution in [0.25, 0.3) is 5.31 Å². The van der Waals surface area contributed by atoms with E-state index in [0.717, 1.165) is 0 Å². The summed E-state index contributed by atoms with van der Waals surface area (Å²) in [5.41, 5.74) is 1.06. The monoisotopic (exact) mass is 478 g/mol. The van der Waals surface area contributed by atoms with Gasteiger partial charge in [0.2, 0.25) is 0 Å². The van der Waals surface area contributed by atoms with E-state index in [2.05, 4.69) is 10.6 Å². The molecule has 0 spiro atoms. The molecule has 34 heavy (non-hydrogen) atoms. The van der Waals surface area contributed by atoms with Crippen molar-refractivity contribution in [3.63, 3.8) is 0 Å². The molecule has 2 amide bonds. The van der Waals surface area contributed by atoms with Crippen molar-refractivity contribution in [2.45, 2.75) is 13.8 Å². The number of carbonyl (C=O) groups excluding carboxylic acids is 2. The predicted octanol–water partition coefficient (Wildman–Crippen LogP) is 5.69. The van der Waals surface area contributed by atoms with Crippen molar-refractivity contribution >= 4 is 30.4 Å². The summed E-state index contributed by atoms with van der Waals surface area (Å²) in [5.74, 6) is -1.19. The number of nitrogens with one attached hydrogen (secondary N) is 2. The smallest absolute Gasteiger partial charge is 0.321 e. The topological polar surface area (TPSA) is 93.7 Å². The van der Waals surface area contributed by atoms with Crippen molar-refractivity contribution in [1.29, 1.82) is 0 Å². The van der Waals surface area contributed by atoms with Crippen LogP contribution in [0.3, 0.4) is 0 Å². The summed E-state index contributed by atoms with van der Waals surface area (Å²) in [6, 6.07) is 25.9. The van der Waals surface area contributed by atoms with E-state index in [-0.39, 0.29) is 24.2 Å². The number of hydrogen-bond donors (Lipinski definition) is 2. The van der Waals surface area contributed by atoms with Gasteiger partial charge < -0.3 is 19.7 Å². The molecular weight excluding hydrogens is 451 g/mol. The molecular formula is C26H27N2O5P. The third kappa shape index (κ3) is 6.29. The maximum atomic E-state index is 14.0. The fraction of sp³-hybridized carbons (Fsp3) is 0.154. The second-order valence-corrected chi connectivity index (χ2v) is 9.02. The molecule has 0 aromatic heterocycles. The molecule has 0 fully saturated rings. The highest BCUT2D eigenvalue weighted by Crippen LogP contribution is 2.61. The maximum Gasteiger partial charge on any atom is 0.364 e. The van der Waals surface area contributed by atoms with Gasteiger partial charge in [-0.25, -0.2) is 0 Å². The van der Waals surface area contributed by atoms with Crippen LogP contribution in [0.1, 0.15) is 29.8 Å². The third-order valence-electron chi connectivity index (χ3n) is 4.69. The first-order chi connectivity index (χ1) is 16.5. The Kier molecular flexibility index (Phi) is 8.93. The molecule has 0 aliphatic rings. The lowest BCUT2D eigenvalue weighted by molar-refractivity contribution is -0.113. The summed E-state index contributed by atoms with van der Waals surface area (Å²) in [5, 5.41) is 5.41. The lowest BCUT2D eigenvalue weighted by Crippen LogP contribution is -2.32. The quantitative estimate of drug-likeness (QED) is 0.288. The minimum Gasteiger partial charge on any atom is -0.321 e. The SMILES string of the molecule is CCOP(=O)(OCC)C(=C(NC(=O)c1ccccc1)C(=O)Nc1ccccc1)c1ccccc1. The Morgan fingerprint density at radius 2 is 1.21 bits per heavy atom. The number of hydrogen-bond acceptors (Lipinski definition) is 5. The molecule has 0 bridgehead atoms. The molecule has 0 aliphatic heterocycles. The summed E-state index contributed by atoms with van der Waals surface area (Å²) in [7, 11) is -4.01. The number of benzene rings is 3. The predicted molar refractivity (Wildman–Crippen MR) is 133 cm³/mol. The van der Waals surface area contributed by atoms with Crippen molar-refractivity contribution in [3.05, 3.63) is 108 Å². The van der Waals surface area contributed by atoms with Gasteiger partial charge in [0.1, 0.15) is 11.0 Å². The number of rotatable bonds is 10. The van der Waals surface area contributed by atoms with Crippen LogP contribution in [-0.4, -0.2) is 25.0 Å². The van der Waals surface area contributed by atoms with E-state index in [1.807, 2.05) is 6.07 Å². The van der Waals surface area contributed by atoms with Crippen LogP contribution in [0.2, 0.25) is 0 Å². The second-order valence-electron chi connectivity index (χ2n) is 7.06. The Bertz CT molecular complexity index is 1170. The Morgan fingerprint density at radius 3 is 1.71 bits per heavy atom. The van der Waals surface area contributed by atoms with E-state index in [4.69, 9.17) is 9.05 Å². The van der Waals surface area contributed by atoms with E-state index >= 15 is 0 Å². The van der Waals surface area contributed by atoms with Crippen LogP contribution in [0.15, 0.2) is 96.7 Å². The van der Waals surface area contributed by atoms with E-state index < -0.39 is 19.4 Å². The lowest BCUT2D eigenvalue weighted by atomic mass is 10.1. The van der Waals surface area contributed by atoms with Gasteiger partial charge in [-0.05, 0) is 43.7 Å². The number of amides is 2. The molecule has 0 heterocycles. The zero-order chi connectivity index (χ0) is 24.4. The maximum absolute atomic E-state index is 14.0. The summed E-state index contributed by atoms with van der Waals surface area (Å²) in [6.07, 6.45) is 0. The standard InChI is InChI=1S/C26H27N2O5P/c1-3-32-34(31,33-4-2)24(20-14-8-5-9-15-20)23(26(30)27-22-18-12-7-13-19-22)28-25(29)21-16-10-6-11-17-21/h5-19H,3-4H2,1-2H3,(H,27,30)(H,28,29). The van der Waals surface area contributed by atoms with Crippen LogP contribution in [-0.2, 0) is 18.4 Å². The highest BCUT2D eigenvalue weighted by Gasteiger charge is 2.37. The molecule has 176 valence electrons. The van der Waals surface area contributed by atoms with Gasteiger partial charge in [0.15, 0.2) is 0 Å². The fourth-order valence-electron chi connectivity index (χ4n) is 3.26. The normalized spacial score (nSPS) is 11.9. The van der Waals surface area contributed by atoms with E-state index in [0.29, 0.717) is 16.8 Å². The largest absolute Gasteiger partial charge is 0.364 e. The summed E-state index contributed by atoms with van der Waals surface area (Å²) in [6.45, 7) is 3.52. The van der Waals surface area contributed by atoms with Crippen molar-refractivity contribution < 1.29 is 23.2 Å². The Hall–Kier alpha value is -3.51. The van der Waals surface area contributed by atoms with Crippen LogP contribution in [0, 0.1) is 0 Å². The average molecular weight is 478 g/mol. The van der Waals surface area contributed by atoms with Gasteiger partial charge in [-0.2, -0.15) is 0 Å². The van der Waals surface area contributed by atoms with E-state index in [1.165, 1.54) is 0 Å². The first-order valence-corrected chi connectivity index (χ1v) is 12.4. The zero-order valence-electron chi connectivity index (χ0n) is 19.1. The van der Waals surface area contributed by atoms with Crippen LogP contribution in [0.5, 0.6) is 0 Å². The van der Waals surface area contributed by atoms with Gasteiger partial charge in [0.25, 0.3) is 11.8 Å². The highest BCUT2D eigenvalue weighted by atomic mass is 31.2. The van der Waals surface area contributed by atoms with Gasteiger partial charge >= 0.3 is 7.60 Å². The molecule has 0 unspecified atom stereocenters. The molecule has 0 aliphatic carbocycles. The molecule has 0 radical (unpaired) electrons. The molecule has 0 saturated carbocycles. The number of anilines is 1. The third-order valence-corrected chi connectivity index (χ3v) is 6.91. The van der Waals surface area contributed by atoms with Gasteiger partial charge in [-0.3, -0.25) is 14.2 Å². The molecule has 0 atom stereocenters. The van der Waals surface area contributed by atoms with Crippen LogP contribution < -0.4 is 10.6 Å². The molecule has 2 N–H and O–H groups in total. The van der Waals surface area contributed by atoms with Crippen molar-refractivity contribution in [2.75, 3.05) is 18.5 Å². The molecule has 3 aromatic rings. The summed E-state index contributed by atoms with van der Waals surface area (Å²) < 4.78 is 25.2. The van der Waals surface area contributed by atoms with E-state index in [9.17, 15) is 14.2 Å². The fourth-order valence-corrected chi connectivity index (χ4v) is 5.16. The van der Waals surface area contributed by atoms with Gasteiger partial charge in [-0.1, -0.05) is 66.7 Å². The van der Waals surface area contributed by atoms with Crippen molar-refractivity contribution in [1.82, 2.24) is 5.32 Å². The molecule has 3 rings (SSSR count). The second kappa shape index (κ2) is 12.1. The molecule has 8 heteroatoms. The number of carbonyl (C=O) groups is 2. The average Bonchev–Trinajstić information content (AvgIpc) is 2.85. The van der Waals surface area contributed by atoms with Gasteiger partial charge in [0, 0.05) is 11.3 Å². The number of para-hydroxylation sites is 1. The van der Waals surface area contributed by atoms with Crippen molar-refractivity contribution in [2.24, 2.45) is 0 Å². The lowest BCUT2D eigenvalue weighted by Gasteiger charge is -2.24. The van der Waals surface area contributed by atoms with Crippen LogP contribution >= 0.6 is 7.60 Å². The Balaban J connectivity index is 2.21. The Morgan fingerprint density at radius 1 is 0.735 bits per heavy atom. The van der Waals surface area contributed by atoms with E-state index in [1.54, 1.807) is 98.8 Å². The van der Waals surface area contributed by atoms with Crippen LogP contribution in [0.4, 0.5) is 5.69 Å². The summed E-state index contributed by atoms with van der Waals surface area (Å²) in [4.78, 5) is 26.6. The van der Waals surface area contributed by atoms with Gasteiger partial charge in [-0.15, -0.1) is 0 Å². The first-order valence-electron chi connectivity index (χ1n) is 10.9. The molecule has 3 aromatic carbocycles. The molecule has 0 saturated heterocycles. The first kappa shape index (κ1) is 25.1. The zero-order valence-corrected chi connectivity index (χ0v) is 20.0. The van der Waals surface area contributed by atoms with Crippen molar-refractivity contribution in [3.8, 4) is 0 Å². The summed E-state index contributed by atoms with van der Waals surface area (Å²) >= 11 is 0.